The number of amides is 4. The van der Waals surface area contributed by atoms with Gasteiger partial charge in [0.15, 0.2) is 13.2 Å². The molecule has 2 aromatic rings. The van der Waals surface area contributed by atoms with Crippen molar-refractivity contribution < 1.29 is 38.2 Å². The third kappa shape index (κ3) is 10.0. The van der Waals surface area contributed by atoms with E-state index in [9.17, 15) is 28.8 Å². The zero-order chi connectivity index (χ0) is 26.5. The highest BCUT2D eigenvalue weighted by Gasteiger charge is 2.12. The molecule has 4 amide bonds. The van der Waals surface area contributed by atoms with Gasteiger partial charge in [0, 0.05) is 38.3 Å². The zero-order valence-electron chi connectivity index (χ0n) is 19.7. The van der Waals surface area contributed by atoms with Crippen LogP contribution < -0.4 is 21.3 Å². The van der Waals surface area contributed by atoms with E-state index in [1.165, 1.54) is 62.4 Å². The van der Waals surface area contributed by atoms with Crippen molar-refractivity contribution in [1.82, 2.24) is 10.6 Å². The number of carbonyl (C=O) groups excluding carboxylic acids is 6. The summed E-state index contributed by atoms with van der Waals surface area (Å²) in [6.45, 7) is 1.81. The third-order valence-corrected chi connectivity index (χ3v) is 4.32. The van der Waals surface area contributed by atoms with Gasteiger partial charge in [0.1, 0.15) is 0 Å². The lowest BCUT2D eigenvalue weighted by Crippen LogP contribution is -2.38. The lowest BCUT2D eigenvalue weighted by molar-refractivity contribution is -0.125. The SMILES string of the molecule is CC(=O)Nc1ccc(C(=O)OCC(=O)NCCNC(=O)COC(=O)c2ccc(NC(C)=O)cc2)cc1. The first-order chi connectivity index (χ1) is 17.1. The van der Waals surface area contributed by atoms with Gasteiger partial charge in [-0.05, 0) is 48.5 Å². The number of ether oxygens (including phenoxy) is 2. The molecule has 0 bridgehead atoms. The van der Waals surface area contributed by atoms with Crippen LogP contribution in [0, 0.1) is 0 Å². The summed E-state index contributed by atoms with van der Waals surface area (Å²) >= 11 is 0. The molecular formula is C24H26N4O8. The molecule has 0 saturated carbocycles. The standard InChI is InChI=1S/C24H26N4O8/c1-15(29)27-19-7-3-17(4-8-19)23(33)35-13-21(31)25-11-12-26-22(32)14-36-24(34)18-5-9-20(10-6-18)28-16(2)30/h3-10H,11-14H2,1-2H3,(H,25,31)(H,26,32)(H,27,29)(H,28,30). The zero-order valence-corrected chi connectivity index (χ0v) is 19.7. The summed E-state index contributed by atoms with van der Waals surface area (Å²) in [5.41, 5.74) is 1.46. The molecule has 0 heterocycles. The van der Waals surface area contributed by atoms with Crippen LogP contribution in [0.25, 0.3) is 0 Å². The van der Waals surface area contributed by atoms with Gasteiger partial charge in [0.05, 0.1) is 11.1 Å². The Morgan fingerprint density at radius 2 is 0.917 bits per heavy atom. The first-order valence-corrected chi connectivity index (χ1v) is 10.8. The molecule has 0 fully saturated rings. The molecule has 12 nitrogen and oxygen atoms in total. The maximum atomic E-state index is 12.0. The fourth-order valence-corrected chi connectivity index (χ4v) is 2.72. The maximum absolute atomic E-state index is 12.0. The van der Waals surface area contributed by atoms with Gasteiger partial charge >= 0.3 is 11.9 Å². The first-order valence-electron chi connectivity index (χ1n) is 10.8. The second-order valence-corrected chi connectivity index (χ2v) is 7.37. The van der Waals surface area contributed by atoms with Gasteiger partial charge in [-0.3, -0.25) is 19.2 Å². The van der Waals surface area contributed by atoms with Crippen molar-refractivity contribution in [2.24, 2.45) is 0 Å². The van der Waals surface area contributed by atoms with E-state index in [-0.39, 0.29) is 36.0 Å². The Morgan fingerprint density at radius 1 is 0.583 bits per heavy atom. The molecule has 0 aliphatic heterocycles. The molecule has 0 atom stereocenters. The van der Waals surface area contributed by atoms with Crippen molar-refractivity contribution in [3.63, 3.8) is 0 Å². The van der Waals surface area contributed by atoms with Crippen LogP contribution in [0.3, 0.4) is 0 Å². The van der Waals surface area contributed by atoms with Crippen molar-refractivity contribution in [3.8, 4) is 0 Å². The normalized spacial score (nSPS) is 9.94. The molecule has 2 aromatic carbocycles. The van der Waals surface area contributed by atoms with E-state index in [4.69, 9.17) is 9.47 Å². The van der Waals surface area contributed by atoms with Crippen molar-refractivity contribution in [2.45, 2.75) is 13.8 Å². The summed E-state index contributed by atoms with van der Waals surface area (Å²) in [5.74, 6) is -3.04. The highest BCUT2D eigenvalue weighted by Crippen LogP contribution is 2.11. The maximum Gasteiger partial charge on any atom is 0.338 e. The van der Waals surface area contributed by atoms with E-state index < -0.39 is 37.0 Å². The van der Waals surface area contributed by atoms with Crippen LogP contribution in [0.2, 0.25) is 0 Å². The second-order valence-electron chi connectivity index (χ2n) is 7.37. The average Bonchev–Trinajstić information content (AvgIpc) is 2.84. The summed E-state index contributed by atoms with van der Waals surface area (Å²) in [6.07, 6.45) is 0. The van der Waals surface area contributed by atoms with E-state index in [0.717, 1.165) is 0 Å². The van der Waals surface area contributed by atoms with Gasteiger partial charge in [-0.1, -0.05) is 0 Å². The highest BCUT2D eigenvalue weighted by atomic mass is 16.5. The molecule has 0 radical (unpaired) electrons. The number of anilines is 2. The van der Waals surface area contributed by atoms with E-state index >= 15 is 0 Å². The number of rotatable bonds is 11. The van der Waals surface area contributed by atoms with Crippen LogP contribution in [0.4, 0.5) is 11.4 Å². The van der Waals surface area contributed by atoms with Crippen molar-refractivity contribution >= 4 is 46.9 Å². The number of hydrogen-bond donors (Lipinski definition) is 4. The number of benzene rings is 2. The van der Waals surface area contributed by atoms with Gasteiger partial charge in [0.25, 0.3) is 11.8 Å². The van der Waals surface area contributed by atoms with Gasteiger partial charge in [0.2, 0.25) is 11.8 Å². The van der Waals surface area contributed by atoms with Crippen LogP contribution in [-0.2, 0) is 28.7 Å². The van der Waals surface area contributed by atoms with E-state index in [0.29, 0.717) is 11.4 Å². The molecule has 0 spiro atoms. The summed E-state index contributed by atoms with van der Waals surface area (Å²) in [6, 6.07) is 11.9. The molecular weight excluding hydrogens is 472 g/mol. The largest absolute Gasteiger partial charge is 0.452 e. The predicted octanol–water partition coefficient (Wildman–Crippen LogP) is 0.850. The Kier molecular flexibility index (Phi) is 10.6. The summed E-state index contributed by atoms with van der Waals surface area (Å²) in [5, 5.41) is 10.1. The van der Waals surface area contributed by atoms with Crippen LogP contribution in [0.15, 0.2) is 48.5 Å². The molecule has 4 N–H and O–H groups in total. The van der Waals surface area contributed by atoms with Crippen molar-refractivity contribution in [1.29, 1.82) is 0 Å². The van der Waals surface area contributed by atoms with E-state index in [1.807, 2.05) is 0 Å². The first kappa shape index (κ1) is 27.5. The highest BCUT2D eigenvalue weighted by molar-refractivity contribution is 5.94. The summed E-state index contributed by atoms with van der Waals surface area (Å²) in [7, 11) is 0. The van der Waals surface area contributed by atoms with Crippen molar-refractivity contribution in [2.75, 3.05) is 36.9 Å². The van der Waals surface area contributed by atoms with Gasteiger partial charge in [-0.2, -0.15) is 0 Å². The van der Waals surface area contributed by atoms with Gasteiger partial charge in [-0.25, -0.2) is 9.59 Å². The topological polar surface area (TPSA) is 169 Å². The minimum atomic E-state index is -0.709. The van der Waals surface area contributed by atoms with E-state index in [1.54, 1.807) is 0 Å². The molecule has 0 saturated heterocycles. The molecule has 2 rings (SSSR count). The number of hydrogen-bond acceptors (Lipinski definition) is 8. The molecule has 0 aromatic heterocycles. The summed E-state index contributed by atoms with van der Waals surface area (Å²) in [4.78, 5) is 69.6. The number of carbonyl (C=O) groups is 6. The Balaban J connectivity index is 1.60. The average molecular weight is 498 g/mol. The quantitative estimate of drug-likeness (QED) is 0.261. The number of esters is 2. The monoisotopic (exact) mass is 498 g/mol. The minimum Gasteiger partial charge on any atom is -0.452 e. The Morgan fingerprint density at radius 3 is 1.22 bits per heavy atom. The molecule has 36 heavy (non-hydrogen) atoms. The Labute approximate surface area is 206 Å². The smallest absolute Gasteiger partial charge is 0.338 e. The van der Waals surface area contributed by atoms with Crippen LogP contribution in [0.5, 0.6) is 0 Å². The van der Waals surface area contributed by atoms with Crippen LogP contribution >= 0.6 is 0 Å². The van der Waals surface area contributed by atoms with Crippen LogP contribution in [-0.4, -0.2) is 61.9 Å². The Bertz CT molecular complexity index is 1020. The molecule has 190 valence electrons. The lowest BCUT2D eigenvalue weighted by atomic mass is 10.2. The summed E-state index contributed by atoms with van der Waals surface area (Å²) < 4.78 is 9.84. The van der Waals surface area contributed by atoms with Gasteiger partial charge < -0.3 is 30.7 Å². The fourth-order valence-electron chi connectivity index (χ4n) is 2.72. The lowest BCUT2D eigenvalue weighted by Gasteiger charge is -2.09. The number of nitrogens with one attached hydrogen (secondary N) is 4. The van der Waals surface area contributed by atoms with Crippen LogP contribution in [0.1, 0.15) is 34.6 Å². The predicted molar refractivity (Wildman–Crippen MR) is 128 cm³/mol. The Hall–Kier alpha value is -4.74. The molecule has 0 aliphatic carbocycles. The molecule has 12 heteroatoms. The third-order valence-electron chi connectivity index (χ3n) is 4.32. The molecule has 0 aliphatic rings. The van der Waals surface area contributed by atoms with E-state index in [2.05, 4.69) is 21.3 Å². The fraction of sp³-hybridized carbons (Fsp3) is 0.250. The minimum absolute atomic E-state index is 0.0616. The molecule has 0 unspecified atom stereocenters. The van der Waals surface area contributed by atoms with Crippen molar-refractivity contribution in [3.05, 3.63) is 59.7 Å². The van der Waals surface area contributed by atoms with Gasteiger partial charge in [-0.15, -0.1) is 0 Å². The second kappa shape index (κ2) is 13.8.